The van der Waals surface area contributed by atoms with Gasteiger partial charge in [0.15, 0.2) is 0 Å². The van der Waals surface area contributed by atoms with Gasteiger partial charge in [-0.05, 0) is 48.9 Å². The number of anilines is 2. The Morgan fingerprint density at radius 3 is 2.24 bits per heavy atom. The Balaban J connectivity index is 1.38. The number of carbonyl (C=O) groups excluding carboxylic acids is 2. The average molecular weight is 431 g/mol. The van der Waals surface area contributed by atoms with Gasteiger partial charge in [-0.1, -0.05) is 30.4 Å². The van der Waals surface area contributed by atoms with Crippen LogP contribution < -0.4 is 9.62 Å². The van der Waals surface area contributed by atoms with Crippen LogP contribution in [0.4, 0.5) is 10.8 Å². The van der Waals surface area contributed by atoms with Crippen molar-refractivity contribution in [1.29, 1.82) is 0 Å². The number of imide groups is 1. The molecule has 3 aliphatic rings. The molecule has 150 valence electrons. The highest BCUT2D eigenvalue weighted by molar-refractivity contribution is 7.93. The summed E-state index contributed by atoms with van der Waals surface area (Å²) in [6.45, 7) is 1.91. The van der Waals surface area contributed by atoms with Crippen molar-refractivity contribution in [3.63, 3.8) is 0 Å². The summed E-state index contributed by atoms with van der Waals surface area (Å²) in [5.41, 5.74) is 0.400. The van der Waals surface area contributed by atoms with E-state index in [-0.39, 0.29) is 45.5 Å². The molecule has 2 heterocycles. The molecule has 1 N–H and O–H groups in total. The van der Waals surface area contributed by atoms with E-state index in [1.165, 1.54) is 40.5 Å². The van der Waals surface area contributed by atoms with E-state index in [0.29, 0.717) is 12.1 Å². The van der Waals surface area contributed by atoms with Crippen molar-refractivity contribution in [1.82, 2.24) is 10.2 Å². The van der Waals surface area contributed by atoms with Crippen molar-refractivity contribution in [2.45, 2.75) is 24.7 Å². The molecule has 1 aliphatic heterocycles. The van der Waals surface area contributed by atoms with Crippen LogP contribution in [-0.4, -0.2) is 30.4 Å². The molecule has 8 nitrogen and oxygen atoms in total. The molecule has 2 bridgehead atoms. The molecule has 0 unspecified atom stereocenters. The van der Waals surface area contributed by atoms with Crippen LogP contribution in [0, 0.1) is 23.7 Å². The van der Waals surface area contributed by atoms with Crippen LogP contribution in [0.5, 0.6) is 0 Å². The van der Waals surface area contributed by atoms with Gasteiger partial charge in [0, 0.05) is 0 Å². The first-order valence-corrected chi connectivity index (χ1v) is 11.7. The number of rotatable bonds is 5. The second-order valence-corrected chi connectivity index (χ2v) is 10.2. The van der Waals surface area contributed by atoms with Crippen LogP contribution in [0.15, 0.2) is 41.3 Å². The lowest BCUT2D eigenvalue weighted by atomic mass is 9.85. The van der Waals surface area contributed by atoms with Gasteiger partial charge >= 0.3 is 0 Å². The summed E-state index contributed by atoms with van der Waals surface area (Å²) >= 11 is 1.18. The predicted octanol–water partition coefficient (Wildman–Crippen LogP) is 2.21. The fraction of sp³-hybridized carbons (Fsp3) is 0.368. The minimum absolute atomic E-state index is 0.0236. The van der Waals surface area contributed by atoms with Crippen LogP contribution in [0.25, 0.3) is 0 Å². The number of benzene rings is 1. The summed E-state index contributed by atoms with van der Waals surface area (Å²) in [6.07, 6.45) is 5.62. The summed E-state index contributed by atoms with van der Waals surface area (Å²) in [5.74, 6) is -0.677. The number of nitrogens with zero attached hydrogens (tertiary/aromatic N) is 3. The van der Waals surface area contributed by atoms with E-state index in [9.17, 15) is 18.0 Å². The Labute approximate surface area is 171 Å². The maximum Gasteiger partial charge on any atom is 0.263 e. The Morgan fingerprint density at radius 2 is 1.69 bits per heavy atom. The third-order valence-corrected chi connectivity index (χ3v) is 8.33. The largest absolute Gasteiger partial charge is 0.274 e. The van der Waals surface area contributed by atoms with Gasteiger partial charge < -0.3 is 0 Å². The standard InChI is InChI=1S/C19H18N4O4S2/c1-2-14-20-21-19(28-14)22-29(26,27)13-7-5-12(6-8-13)23-17(24)15-10-3-4-11(9-10)16(15)18(23)25/h3-8,10-11,15-16H,2,9H2,1H3,(H,21,22)/t10-,11+,15-,16-/m0/s1. The van der Waals surface area contributed by atoms with Crippen molar-refractivity contribution in [2.24, 2.45) is 23.7 Å². The second-order valence-electron chi connectivity index (χ2n) is 7.47. The molecule has 4 atom stereocenters. The molecule has 2 aliphatic carbocycles. The Bertz CT molecular complexity index is 1110. The normalized spacial score (nSPS) is 27.7. The zero-order valence-corrected chi connectivity index (χ0v) is 17.1. The highest BCUT2D eigenvalue weighted by Gasteiger charge is 2.59. The van der Waals surface area contributed by atoms with Gasteiger partial charge in [-0.3, -0.25) is 19.2 Å². The van der Waals surface area contributed by atoms with E-state index in [2.05, 4.69) is 14.9 Å². The van der Waals surface area contributed by atoms with Crippen LogP contribution in [0.1, 0.15) is 18.4 Å². The molecule has 2 aromatic rings. The molecule has 2 amide bonds. The highest BCUT2D eigenvalue weighted by Crippen LogP contribution is 2.53. The van der Waals surface area contributed by atoms with Gasteiger partial charge in [0.2, 0.25) is 16.9 Å². The van der Waals surface area contributed by atoms with E-state index in [1.54, 1.807) is 0 Å². The van der Waals surface area contributed by atoms with Crippen molar-refractivity contribution >= 4 is 44.0 Å². The van der Waals surface area contributed by atoms with Crippen molar-refractivity contribution < 1.29 is 18.0 Å². The molecular weight excluding hydrogens is 412 g/mol. The molecule has 10 heteroatoms. The first-order valence-electron chi connectivity index (χ1n) is 9.40. The topological polar surface area (TPSA) is 109 Å². The number of nitrogens with one attached hydrogen (secondary N) is 1. The number of carbonyl (C=O) groups is 2. The monoisotopic (exact) mass is 430 g/mol. The summed E-state index contributed by atoms with van der Waals surface area (Å²) in [4.78, 5) is 27.0. The number of fused-ring (bicyclic) bond motifs is 5. The van der Waals surface area contributed by atoms with Crippen LogP contribution in [0.3, 0.4) is 0 Å². The van der Waals surface area contributed by atoms with Crippen molar-refractivity contribution in [2.75, 3.05) is 9.62 Å². The zero-order valence-electron chi connectivity index (χ0n) is 15.5. The molecular formula is C19H18N4O4S2. The van der Waals surface area contributed by atoms with Crippen molar-refractivity contribution in [3.8, 4) is 0 Å². The van der Waals surface area contributed by atoms with Crippen molar-refractivity contribution in [3.05, 3.63) is 41.4 Å². The maximum absolute atomic E-state index is 12.9. The average Bonchev–Trinajstić information content (AvgIpc) is 3.46. The number of hydrogen-bond acceptors (Lipinski definition) is 7. The molecule has 5 rings (SSSR count). The number of aromatic nitrogens is 2. The maximum atomic E-state index is 12.9. The highest BCUT2D eigenvalue weighted by atomic mass is 32.2. The Hall–Kier alpha value is -2.59. The fourth-order valence-corrected chi connectivity index (χ4v) is 6.45. The molecule has 0 radical (unpaired) electrons. The molecule has 29 heavy (non-hydrogen) atoms. The smallest absolute Gasteiger partial charge is 0.263 e. The number of allylic oxidation sites excluding steroid dienone is 2. The van der Waals surface area contributed by atoms with Crippen LogP contribution >= 0.6 is 11.3 Å². The second kappa shape index (κ2) is 6.46. The van der Waals surface area contributed by atoms with Crippen LogP contribution in [0.2, 0.25) is 0 Å². The third kappa shape index (κ3) is 2.81. The van der Waals surface area contributed by atoms with Crippen LogP contribution in [-0.2, 0) is 26.0 Å². The predicted molar refractivity (Wildman–Crippen MR) is 107 cm³/mol. The summed E-state index contributed by atoms with van der Waals surface area (Å²) < 4.78 is 27.6. The van der Waals surface area contributed by atoms with E-state index in [0.717, 1.165) is 11.4 Å². The van der Waals surface area contributed by atoms with Gasteiger partial charge in [0.05, 0.1) is 22.4 Å². The Morgan fingerprint density at radius 1 is 1.07 bits per heavy atom. The third-order valence-electron chi connectivity index (χ3n) is 5.87. The van der Waals surface area contributed by atoms with E-state index >= 15 is 0 Å². The number of amides is 2. The lowest BCUT2D eigenvalue weighted by molar-refractivity contribution is -0.123. The minimum Gasteiger partial charge on any atom is -0.274 e. The molecule has 2 fully saturated rings. The number of sulfonamides is 1. The molecule has 1 aromatic carbocycles. The van der Waals surface area contributed by atoms with Gasteiger partial charge in [0.25, 0.3) is 10.0 Å². The lowest BCUT2D eigenvalue weighted by Crippen LogP contribution is -2.32. The summed E-state index contributed by atoms with van der Waals surface area (Å²) in [6, 6.07) is 5.78. The first-order chi connectivity index (χ1) is 13.9. The minimum atomic E-state index is -3.84. The Kier molecular flexibility index (Phi) is 4.11. The van der Waals surface area contributed by atoms with Gasteiger partial charge in [-0.15, -0.1) is 10.2 Å². The SMILES string of the molecule is CCc1nnc(NS(=O)(=O)c2ccc(N3C(=O)[C@@H]4[C@@H](C3=O)[C@H]3C=C[C@@H]4C3)cc2)s1. The summed E-state index contributed by atoms with van der Waals surface area (Å²) in [7, 11) is -3.84. The molecule has 1 saturated heterocycles. The molecule has 1 saturated carbocycles. The van der Waals surface area contributed by atoms with E-state index in [4.69, 9.17) is 0 Å². The first kappa shape index (κ1) is 18.4. The lowest BCUT2D eigenvalue weighted by Gasteiger charge is -2.17. The van der Waals surface area contributed by atoms with E-state index < -0.39 is 10.0 Å². The molecule has 1 aromatic heterocycles. The molecule has 0 spiro atoms. The fourth-order valence-electron chi connectivity index (χ4n) is 4.54. The van der Waals surface area contributed by atoms with Gasteiger partial charge in [-0.2, -0.15) is 0 Å². The van der Waals surface area contributed by atoms with E-state index in [1.807, 2.05) is 19.1 Å². The van der Waals surface area contributed by atoms with Gasteiger partial charge in [-0.25, -0.2) is 8.42 Å². The number of aryl methyl sites for hydroxylation is 1. The number of hydrogen-bond donors (Lipinski definition) is 1. The summed E-state index contributed by atoms with van der Waals surface area (Å²) in [5, 5.41) is 8.66. The van der Waals surface area contributed by atoms with Gasteiger partial charge in [0.1, 0.15) is 5.01 Å². The zero-order chi connectivity index (χ0) is 20.3. The quantitative estimate of drug-likeness (QED) is 0.575.